The number of hydrogen-bond donors (Lipinski definition) is 3. The summed E-state index contributed by atoms with van der Waals surface area (Å²) in [6.07, 6.45) is 11.3. The van der Waals surface area contributed by atoms with Crippen molar-refractivity contribution < 1.29 is 5.11 Å². The van der Waals surface area contributed by atoms with Gasteiger partial charge in [-0.25, -0.2) is 0 Å². The highest BCUT2D eigenvalue weighted by Crippen LogP contribution is 2.64. The van der Waals surface area contributed by atoms with Crippen LogP contribution in [0.3, 0.4) is 0 Å². The molecule has 5 heteroatoms. The van der Waals surface area contributed by atoms with Gasteiger partial charge in [0.05, 0.1) is 6.10 Å². The van der Waals surface area contributed by atoms with Gasteiger partial charge in [-0.15, -0.1) is 0 Å². The summed E-state index contributed by atoms with van der Waals surface area (Å²) in [5, 5.41) is 14.9. The first kappa shape index (κ1) is 17.5. The monoisotopic (exact) mass is 361 g/mol. The molecule has 0 aromatic carbocycles. The highest BCUT2D eigenvalue weighted by Gasteiger charge is 2.57. The van der Waals surface area contributed by atoms with Crippen LogP contribution >= 0.6 is 12.2 Å². The molecule has 3 saturated carbocycles. The Kier molecular flexibility index (Phi) is 4.23. The van der Waals surface area contributed by atoms with Crippen molar-refractivity contribution in [1.82, 2.24) is 5.43 Å². The first-order valence-corrected chi connectivity index (χ1v) is 10.3. The molecule has 4 rings (SSSR count). The van der Waals surface area contributed by atoms with E-state index in [0.29, 0.717) is 11.3 Å². The number of nitrogens with zero attached hydrogens (tertiary/aromatic N) is 1. The van der Waals surface area contributed by atoms with E-state index in [1.54, 1.807) is 0 Å². The minimum absolute atomic E-state index is 0.124. The Balaban J connectivity index is 1.62. The predicted octanol–water partition coefficient (Wildman–Crippen LogP) is 3.50. The zero-order valence-corrected chi connectivity index (χ0v) is 16.2. The van der Waals surface area contributed by atoms with Gasteiger partial charge in [0.25, 0.3) is 0 Å². The number of hydrazone groups is 1. The lowest BCUT2D eigenvalue weighted by Crippen LogP contribution is -2.50. The van der Waals surface area contributed by atoms with Crippen LogP contribution in [0.5, 0.6) is 0 Å². The molecule has 0 aromatic rings. The number of nitrogens with two attached hydrogens (primary N) is 1. The second kappa shape index (κ2) is 6.05. The molecular weight excluding hydrogens is 330 g/mol. The van der Waals surface area contributed by atoms with Crippen molar-refractivity contribution in [3.8, 4) is 0 Å². The molecule has 0 saturated heterocycles. The molecule has 6 atom stereocenters. The molecule has 3 fully saturated rings. The van der Waals surface area contributed by atoms with E-state index in [1.807, 2.05) is 0 Å². The number of thiocarbonyl (C=S) groups is 1. The molecule has 4 aliphatic carbocycles. The van der Waals surface area contributed by atoms with Gasteiger partial charge in [-0.2, -0.15) is 5.10 Å². The normalized spacial score (nSPS) is 47.5. The van der Waals surface area contributed by atoms with Crippen molar-refractivity contribution >= 4 is 23.0 Å². The second-order valence-electron chi connectivity index (χ2n) is 9.19. The second-order valence-corrected chi connectivity index (χ2v) is 9.63. The van der Waals surface area contributed by atoms with E-state index in [2.05, 4.69) is 30.5 Å². The van der Waals surface area contributed by atoms with E-state index >= 15 is 0 Å². The first-order valence-electron chi connectivity index (χ1n) is 9.84. The Morgan fingerprint density at radius 3 is 2.72 bits per heavy atom. The quantitative estimate of drug-likeness (QED) is 0.380. The molecule has 0 amide bonds. The molecule has 0 radical (unpaired) electrons. The van der Waals surface area contributed by atoms with Gasteiger partial charge in [0.1, 0.15) is 0 Å². The van der Waals surface area contributed by atoms with Crippen LogP contribution in [-0.2, 0) is 0 Å². The van der Waals surface area contributed by atoms with Gasteiger partial charge >= 0.3 is 0 Å². The van der Waals surface area contributed by atoms with Crippen LogP contribution in [-0.4, -0.2) is 22.0 Å². The molecular formula is C20H31N3OS. The molecule has 25 heavy (non-hydrogen) atoms. The van der Waals surface area contributed by atoms with Crippen molar-refractivity contribution in [2.45, 2.75) is 71.3 Å². The number of fused-ring (bicyclic) bond motifs is 5. The van der Waals surface area contributed by atoms with Crippen LogP contribution in [0, 0.1) is 28.6 Å². The van der Waals surface area contributed by atoms with Crippen LogP contribution in [0.1, 0.15) is 65.2 Å². The average Bonchev–Trinajstić information content (AvgIpc) is 2.90. The lowest BCUT2D eigenvalue weighted by molar-refractivity contribution is -0.0209. The van der Waals surface area contributed by atoms with Crippen molar-refractivity contribution in [2.75, 3.05) is 0 Å². The fourth-order valence-corrected chi connectivity index (χ4v) is 6.78. The van der Waals surface area contributed by atoms with Gasteiger partial charge in [-0.05, 0) is 86.8 Å². The van der Waals surface area contributed by atoms with Crippen LogP contribution < -0.4 is 11.2 Å². The third-order valence-electron chi connectivity index (χ3n) is 8.12. The number of hydrogen-bond acceptors (Lipinski definition) is 3. The zero-order valence-electron chi connectivity index (χ0n) is 15.4. The molecule has 4 aliphatic rings. The van der Waals surface area contributed by atoms with Gasteiger partial charge in [-0.3, -0.25) is 5.43 Å². The summed E-state index contributed by atoms with van der Waals surface area (Å²) in [5.74, 6) is 2.22. The topological polar surface area (TPSA) is 70.6 Å². The first-order chi connectivity index (χ1) is 11.8. The Bertz CT molecular complexity index is 645. The Hall–Kier alpha value is -0.940. The Morgan fingerprint density at radius 2 is 1.96 bits per heavy atom. The van der Waals surface area contributed by atoms with Crippen LogP contribution in [0.15, 0.2) is 16.8 Å². The molecule has 4 nitrogen and oxygen atoms in total. The maximum Gasteiger partial charge on any atom is 0.184 e. The number of aliphatic hydroxyl groups excluding tert-OH is 1. The third-order valence-corrected chi connectivity index (χ3v) is 8.21. The van der Waals surface area contributed by atoms with Crippen molar-refractivity contribution in [3.63, 3.8) is 0 Å². The standard InChI is InChI=1S/C20H31N3OS/c1-19-9-7-13(24)11-12(19)3-4-14-15-5-6-17(22-23-18(21)25)20(15,2)10-8-16(14)19/h3,13-16,24H,4-11H2,1-2H3,(H3,21,23,25)/b22-17+. The molecule has 0 aliphatic heterocycles. The lowest BCUT2D eigenvalue weighted by atomic mass is 9.48. The van der Waals surface area contributed by atoms with E-state index in [-0.39, 0.29) is 16.6 Å². The fourth-order valence-electron chi connectivity index (χ4n) is 6.74. The minimum Gasteiger partial charge on any atom is -0.393 e. The van der Waals surface area contributed by atoms with E-state index < -0.39 is 0 Å². The fraction of sp³-hybridized carbons (Fsp3) is 0.800. The summed E-state index contributed by atoms with van der Waals surface area (Å²) in [6, 6.07) is 0. The van der Waals surface area contributed by atoms with Gasteiger partial charge < -0.3 is 10.8 Å². The number of nitrogens with one attached hydrogen (secondary N) is 1. The highest BCUT2D eigenvalue weighted by molar-refractivity contribution is 7.80. The molecule has 0 heterocycles. The number of rotatable bonds is 1. The maximum atomic E-state index is 10.1. The molecule has 6 unspecified atom stereocenters. The molecule has 0 aromatic heterocycles. The summed E-state index contributed by atoms with van der Waals surface area (Å²) >= 11 is 4.93. The van der Waals surface area contributed by atoms with E-state index in [1.165, 1.54) is 37.0 Å². The molecule has 4 N–H and O–H groups in total. The van der Waals surface area contributed by atoms with Gasteiger partial charge in [0.15, 0.2) is 5.11 Å². The van der Waals surface area contributed by atoms with Crippen LogP contribution in [0.4, 0.5) is 0 Å². The Morgan fingerprint density at radius 1 is 1.24 bits per heavy atom. The van der Waals surface area contributed by atoms with E-state index in [9.17, 15) is 5.11 Å². The van der Waals surface area contributed by atoms with Crippen molar-refractivity contribution in [2.24, 2.45) is 39.4 Å². The van der Waals surface area contributed by atoms with Crippen molar-refractivity contribution in [1.29, 1.82) is 0 Å². The van der Waals surface area contributed by atoms with Gasteiger partial charge in [0, 0.05) is 11.1 Å². The van der Waals surface area contributed by atoms with E-state index in [0.717, 1.165) is 37.5 Å². The minimum atomic E-state index is -0.124. The number of allylic oxidation sites excluding steroid dienone is 1. The molecule has 138 valence electrons. The SMILES string of the molecule is CC12CCC(O)CC1=CCC1C2CCC2(C)/C(=N/NC(N)=S)CCC12. The molecule has 0 spiro atoms. The number of aliphatic hydroxyl groups is 1. The van der Waals surface area contributed by atoms with Gasteiger partial charge in [0.2, 0.25) is 0 Å². The van der Waals surface area contributed by atoms with Crippen LogP contribution in [0.2, 0.25) is 0 Å². The van der Waals surface area contributed by atoms with Gasteiger partial charge in [-0.1, -0.05) is 25.5 Å². The largest absolute Gasteiger partial charge is 0.393 e. The summed E-state index contributed by atoms with van der Waals surface area (Å²) in [4.78, 5) is 0. The Labute approximate surface area is 156 Å². The summed E-state index contributed by atoms with van der Waals surface area (Å²) in [7, 11) is 0. The summed E-state index contributed by atoms with van der Waals surface area (Å²) in [6.45, 7) is 4.88. The van der Waals surface area contributed by atoms with Crippen LogP contribution in [0.25, 0.3) is 0 Å². The predicted molar refractivity (Wildman–Crippen MR) is 105 cm³/mol. The van der Waals surface area contributed by atoms with E-state index in [4.69, 9.17) is 18.0 Å². The zero-order chi connectivity index (χ0) is 17.8. The highest BCUT2D eigenvalue weighted by atomic mass is 32.1. The third kappa shape index (κ3) is 2.66. The van der Waals surface area contributed by atoms with Crippen molar-refractivity contribution in [3.05, 3.63) is 11.6 Å². The lowest BCUT2D eigenvalue weighted by Gasteiger charge is -2.57. The smallest absolute Gasteiger partial charge is 0.184 e. The summed E-state index contributed by atoms with van der Waals surface area (Å²) < 4.78 is 0. The maximum absolute atomic E-state index is 10.1. The molecule has 0 bridgehead atoms. The average molecular weight is 362 g/mol. The summed E-state index contributed by atoms with van der Waals surface area (Å²) in [5.41, 5.74) is 11.7.